The second kappa shape index (κ2) is 6.12. The van der Waals surface area contributed by atoms with Crippen molar-refractivity contribution in [2.75, 3.05) is 19.6 Å². The monoisotopic (exact) mass is 282 g/mol. The number of nitrogens with two attached hydrogens (primary N) is 1. The molecule has 1 aliphatic rings. The molecule has 0 spiro atoms. The van der Waals surface area contributed by atoms with Gasteiger partial charge in [0.05, 0.1) is 5.02 Å². The van der Waals surface area contributed by atoms with Crippen molar-refractivity contribution in [2.45, 2.75) is 38.3 Å². The zero-order valence-corrected chi connectivity index (χ0v) is 12.5. The van der Waals surface area contributed by atoms with Crippen LogP contribution in [0, 0.1) is 0 Å². The average molecular weight is 283 g/mol. The largest absolute Gasteiger partial charge is 0.489 e. The number of piperidine rings is 1. The van der Waals surface area contributed by atoms with E-state index in [2.05, 4.69) is 18.7 Å². The van der Waals surface area contributed by atoms with Gasteiger partial charge >= 0.3 is 0 Å². The molecular weight excluding hydrogens is 260 g/mol. The van der Waals surface area contributed by atoms with E-state index in [4.69, 9.17) is 22.1 Å². The minimum atomic E-state index is -0.129. The Kier molecular flexibility index (Phi) is 4.71. The van der Waals surface area contributed by atoms with Crippen LogP contribution >= 0.6 is 11.6 Å². The van der Waals surface area contributed by atoms with Crippen molar-refractivity contribution >= 4 is 11.6 Å². The van der Waals surface area contributed by atoms with Crippen LogP contribution in [0.5, 0.6) is 5.75 Å². The number of para-hydroxylation sites is 1. The third-order valence-electron chi connectivity index (χ3n) is 3.30. The van der Waals surface area contributed by atoms with Crippen molar-refractivity contribution in [1.29, 1.82) is 0 Å². The lowest BCUT2D eigenvalue weighted by atomic mass is 10.0. The Morgan fingerprint density at radius 2 is 1.95 bits per heavy atom. The van der Waals surface area contributed by atoms with E-state index in [1.165, 1.54) is 0 Å². The molecule has 1 aromatic rings. The van der Waals surface area contributed by atoms with Crippen LogP contribution in [0.1, 0.15) is 26.7 Å². The maximum atomic E-state index is 6.11. The van der Waals surface area contributed by atoms with E-state index in [0.29, 0.717) is 5.02 Å². The molecule has 19 heavy (non-hydrogen) atoms. The van der Waals surface area contributed by atoms with Crippen LogP contribution in [0.4, 0.5) is 0 Å². The molecule has 2 N–H and O–H groups in total. The van der Waals surface area contributed by atoms with Gasteiger partial charge in [-0.3, -0.25) is 0 Å². The van der Waals surface area contributed by atoms with Crippen molar-refractivity contribution in [2.24, 2.45) is 5.73 Å². The fraction of sp³-hybridized carbons (Fsp3) is 0.600. The molecule has 0 unspecified atom stereocenters. The number of benzene rings is 1. The molecule has 3 nitrogen and oxygen atoms in total. The fourth-order valence-electron chi connectivity index (χ4n) is 2.48. The number of hydrogen-bond donors (Lipinski definition) is 1. The van der Waals surface area contributed by atoms with Crippen LogP contribution in [0.3, 0.4) is 0 Å². The molecule has 4 heteroatoms. The highest BCUT2D eigenvalue weighted by Crippen LogP contribution is 2.26. The predicted octanol–water partition coefficient (Wildman–Crippen LogP) is 2.92. The Balaban J connectivity index is 1.82. The summed E-state index contributed by atoms with van der Waals surface area (Å²) in [5.74, 6) is 0.793. The molecule has 106 valence electrons. The summed E-state index contributed by atoms with van der Waals surface area (Å²) in [6.07, 6.45) is 2.32. The zero-order valence-electron chi connectivity index (χ0n) is 11.7. The lowest BCUT2D eigenvalue weighted by molar-refractivity contribution is 0.0904. The van der Waals surface area contributed by atoms with Crippen molar-refractivity contribution < 1.29 is 4.74 Å². The second-order valence-corrected chi connectivity index (χ2v) is 6.42. The molecule has 0 aliphatic carbocycles. The lowest BCUT2D eigenvalue weighted by Gasteiger charge is -2.35. The maximum absolute atomic E-state index is 6.11. The first-order chi connectivity index (χ1) is 8.94. The van der Waals surface area contributed by atoms with Gasteiger partial charge < -0.3 is 15.4 Å². The molecule has 1 aromatic carbocycles. The Labute approximate surface area is 120 Å². The average Bonchev–Trinajstić information content (AvgIpc) is 2.33. The first kappa shape index (κ1) is 14.6. The first-order valence-corrected chi connectivity index (χ1v) is 7.24. The summed E-state index contributed by atoms with van der Waals surface area (Å²) < 4.78 is 5.97. The smallest absolute Gasteiger partial charge is 0.138 e. The maximum Gasteiger partial charge on any atom is 0.138 e. The summed E-state index contributed by atoms with van der Waals surface area (Å²) in [4.78, 5) is 2.41. The summed E-state index contributed by atoms with van der Waals surface area (Å²) in [5, 5.41) is 0.688. The number of likely N-dealkylation sites (tertiary alicyclic amines) is 1. The van der Waals surface area contributed by atoms with Crippen LogP contribution in [-0.2, 0) is 0 Å². The second-order valence-electron chi connectivity index (χ2n) is 6.01. The van der Waals surface area contributed by atoms with Crippen LogP contribution < -0.4 is 10.5 Å². The summed E-state index contributed by atoms with van der Waals surface area (Å²) >= 11 is 6.11. The lowest BCUT2D eigenvalue weighted by Crippen LogP contribution is -2.49. The number of rotatable bonds is 4. The molecule has 0 atom stereocenters. The van der Waals surface area contributed by atoms with E-state index in [1.54, 1.807) is 0 Å². The van der Waals surface area contributed by atoms with Gasteiger partial charge in [-0.1, -0.05) is 23.7 Å². The summed E-state index contributed by atoms with van der Waals surface area (Å²) in [6.45, 7) is 7.15. The minimum Gasteiger partial charge on any atom is -0.489 e. The van der Waals surface area contributed by atoms with Gasteiger partial charge in [-0.15, -0.1) is 0 Å². The third kappa shape index (κ3) is 4.68. The quantitative estimate of drug-likeness (QED) is 0.923. The highest BCUT2D eigenvalue weighted by Gasteiger charge is 2.24. The number of hydrogen-bond acceptors (Lipinski definition) is 3. The highest BCUT2D eigenvalue weighted by molar-refractivity contribution is 6.32. The van der Waals surface area contributed by atoms with E-state index < -0.39 is 0 Å². The van der Waals surface area contributed by atoms with E-state index >= 15 is 0 Å². The molecule has 0 amide bonds. The molecule has 1 fully saturated rings. The first-order valence-electron chi connectivity index (χ1n) is 6.86. The minimum absolute atomic E-state index is 0.129. The summed E-state index contributed by atoms with van der Waals surface area (Å²) in [6, 6.07) is 7.66. The molecule has 0 radical (unpaired) electrons. The van der Waals surface area contributed by atoms with E-state index in [1.807, 2.05) is 24.3 Å². The van der Waals surface area contributed by atoms with Gasteiger partial charge in [0.25, 0.3) is 0 Å². The SMILES string of the molecule is CC(C)(N)CN1CCC(Oc2ccccc2Cl)CC1. The van der Waals surface area contributed by atoms with Gasteiger partial charge in [-0.05, 0) is 38.8 Å². The molecular formula is C15H23ClN2O. The van der Waals surface area contributed by atoms with Crippen molar-refractivity contribution in [3.8, 4) is 5.75 Å². The fourth-order valence-corrected chi connectivity index (χ4v) is 2.66. The molecule has 2 rings (SSSR count). The topological polar surface area (TPSA) is 38.5 Å². The summed E-state index contributed by atoms with van der Waals surface area (Å²) in [5.41, 5.74) is 5.93. The van der Waals surface area contributed by atoms with Crippen LogP contribution in [0.15, 0.2) is 24.3 Å². The van der Waals surface area contributed by atoms with Gasteiger partial charge in [-0.25, -0.2) is 0 Å². The molecule has 0 saturated carbocycles. The van der Waals surface area contributed by atoms with Gasteiger partial charge in [0.15, 0.2) is 0 Å². The molecule has 0 aromatic heterocycles. The van der Waals surface area contributed by atoms with E-state index in [0.717, 1.165) is 38.2 Å². The Morgan fingerprint density at radius 1 is 1.32 bits per heavy atom. The standard InChI is InChI=1S/C15H23ClN2O/c1-15(2,17)11-18-9-7-12(8-10-18)19-14-6-4-3-5-13(14)16/h3-6,12H,7-11,17H2,1-2H3. The van der Waals surface area contributed by atoms with Crippen molar-refractivity contribution in [1.82, 2.24) is 4.90 Å². The molecule has 0 bridgehead atoms. The van der Waals surface area contributed by atoms with Crippen LogP contribution in [0.25, 0.3) is 0 Å². The van der Waals surface area contributed by atoms with Gasteiger partial charge in [-0.2, -0.15) is 0 Å². The van der Waals surface area contributed by atoms with E-state index in [-0.39, 0.29) is 11.6 Å². The normalized spacial score (nSPS) is 18.5. The molecule has 1 aliphatic heterocycles. The Hall–Kier alpha value is -0.770. The summed E-state index contributed by atoms with van der Waals surface area (Å²) in [7, 11) is 0. The van der Waals surface area contributed by atoms with Crippen LogP contribution in [-0.4, -0.2) is 36.2 Å². The molecule has 1 heterocycles. The van der Waals surface area contributed by atoms with Crippen molar-refractivity contribution in [3.05, 3.63) is 29.3 Å². The van der Waals surface area contributed by atoms with Gasteiger partial charge in [0.1, 0.15) is 11.9 Å². The zero-order chi connectivity index (χ0) is 13.9. The number of halogens is 1. The molecule has 1 saturated heterocycles. The highest BCUT2D eigenvalue weighted by atomic mass is 35.5. The predicted molar refractivity (Wildman–Crippen MR) is 79.8 cm³/mol. The van der Waals surface area contributed by atoms with Crippen LogP contribution in [0.2, 0.25) is 5.02 Å². The third-order valence-corrected chi connectivity index (χ3v) is 3.61. The van der Waals surface area contributed by atoms with Gasteiger partial charge in [0.2, 0.25) is 0 Å². The number of ether oxygens (including phenoxy) is 1. The number of nitrogens with zero attached hydrogens (tertiary/aromatic N) is 1. The van der Waals surface area contributed by atoms with E-state index in [9.17, 15) is 0 Å². The Morgan fingerprint density at radius 3 is 2.53 bits per heavy atom. The van der Waals surface area contributed by atoms with Gasteiger partial charge in [0, 0.05) is 25.2 Å². The van der Waals surface area contributed by atoms with Crippen molar-refractivity contribution in [3.63, 3.8) is 0 Å². The Bertz CT molecular complexity index is 409.